The molecule has 3 fully saturated rings. The lowest BCUT2D eigenvalue weighted by Gasteiger charge is -2.50. The molecule has 0 saturated carbocycles. The van der Waals surface area contributed by atoms with Gasteiger partial charge in [0.25, 0.3) is 0 Å². The molecule has 11 heteroatoms. The van der Waals surface area contributed by atoms with Crippen LogP contribution in [0, 0.1) is 5.82 Å². The van der Waals surface area contributed by atoms with Gasteiger partial charge in [-0.2, -0.15) is 13.2 Å². The summed E-state index contributed by atoms with van der Waals surface area (Å²) in [7, 11) is 0. The van der Waals surface area contributed by atoms with Crippen LogP contribution in [0.1, 0.15) is 55.7 Å². The normalized spacial score (nSPS) is 23.1. The van der Waals surface area contributed by atoms with E-state index in [9.17, 15) is 27.2 Å². The second kappa shape index (κ2) is 10.6. The number of urea groups is 1. The molecule has 40 heavy (non-hydrogen) atoms. The molecular weight excluding hydrogens is 530 g/mol. The van der Waals surface area contributed by atoms with Crippen LogP contribution < -0.4 is 15.4 Å². The van der Waals surface area contributed by atoms with Crippen molar-refractivity contribution in [3.63, 3.8) is 0 Å². The number of carbonyl (C=O) groups excluding carboxylic acids is 2. The molecule has 3 saturated heterocycles. The highest BCUT2D eigenvalue weighted by molar-refractivity contribution is 5.87. The van der Waals surface area contributed by atoms with Crippen molar-refractivity contribution in [3.05, 3.63) is 65.0 Å². The van der Waals surface area contributed by atoms with Crippen molar-refractivity contribution in [2.75, 3.05) is 32.8 Å². The van der Waals surface area contributed by atoms with Crippen LogP contribution in [-0.4, -0.2) is 61.3 Å². The largest absolute Gasteiger partial charge is 0.488 e. The summed E-state index contributed by atoms with van der Waals surface area (Å²) in [4.78, 5) is 27.8. The van der Waals surface area contributed by atoms with Crippen LogP contribution >= 0.6 is 0 Å². The van der Waals surface area contributed by atoms with E-state index >= 15 is 0 Å². The van der Waals surface area contributed by atoms with Crippen LogP contribution in [0.2, 0.25) is 0 Å². The molecule has 0 radical (unpaired) electrons. The van der Waals surface area contributed by atoms with Crippen LogP contribution in [0.4, 0.5) is 22.4 Å². The number of piperidine rings is 1. The van der Waals surface area contributed by atoms with Crippen LogP contribution in [-0.2, 0) is 21.1 Å². The minimum Gasteiger partial charge on any atom is -0.488 e. The number of halogens is 4. The Balaban J connectivity index is 1.37. The number of alkyl halides is 3. The lowest BCUT2D eigenvalue weighted by Crippen LogP contribution is -2.66. The summed E-state index contributed by atoms with van der Waals surface area (Å²) in [6.07, 6.45) is -3.18. The fraction of sp³-hybridized carbons (Fsp3) is 0.517. The zero-order valence-electron chi connectivity index (χ0n) is 22.4. The smallest absolute Gasteiger partial charge is 0.416 e. The highest BCUT2D eigenvalue weighted by Gasteiger charge is 2.49. The Kier molecular flexibility index (Phi) is 7.45. The van der Waals surface area contributed by atoms with Crippen molar-refractivity contribution in [2.24, 2.45) is 0 Å². The van der Waals surface area contributed by atoms with Gasteiger partial charge in [0.05, 0.1) is 29.7 Å². The van der Waals surface area contributed by atoms with Crippen molar-refractivity contribution in [2.45, 2.75) is 62.3 Å². The monoisotopic (exact) mass is 563 g/mol. The van der Waals surface area contributed by atoms with Gasteiger partial charge in [-0.1, -0.05) is 24.3 Å². The summed E-state index contributed by atoms with van der Waals surface area (Å²) >= 11 is 0. The number of hydrogen-bond acceptors (Lipinski definition) is 4. The van der Waals surface area contributed by atoms with Crippen molar-refractivity contribution < 1.29 is 36.6 Å². The minimum atomic E-state index is -4.51. The summed E-state index contributed by atoms with van der Waals surface area (Å²) in [5.74, 6) is -0.582. The van der Waals surface area contributed by atoms with Gasteiger partial charge in [-0.15, -0.1) is 0 Å². The van der Waals surface area contributed by atoms with Gasteiger partial charge in [0, 0.05) is 43.6 Å². The highest BCUT2D eigenvalue weighted by Crippen LogP contribution is 2.43. The molecule has 1 spiro atoms. The maximum Gasteiger partial charge on any atom is 0.416 e. The number of carbonyl (C=O) groups is 2. The molecule has 3 heterocycles. The van der Waals surface area contributed by atoms with E-state index in [0.29, 0.717) is 57.9 Å². The molecule has 216 valence electrons. The Morgan fingerprint density at radius 2 is 1.82 bits per heavy atom. The molecule has 0 aliphatic carbocycles. The van der Waals surface area contributed by atoms with Crippen molar-refractivity contribution in [1.82, 2.24) is 15.5 Å². The summed E-state index contributed by atoms with van der Waals surface area (Å²) in [6.45, 7) is 5.13. The topological polar surface area (TPSA) is 79.9 Å². The summed E-state index contributed by atoms with van der Waals surface area (Å²) < 4.78 is 65.8. The van der Waals surface area contributed by atoms with Crippen molar-refractivity contribution >= 4 is 11.9 Å². The maximum absolute atomic E-state index is 14.3. The number of ether oxygens (including phenoxy) is 2. The molecule has 0 aromatic heterocycles. The predicted molar refractivity (Wildman–Crippen MR) is 139 cm³/mol. The molecule has 2 aromatic rings. The van der Waals surface area contributed by atoms with E-state index in [1.807, 2.05) is 0 Å². The standard InChI is InChI=1S/C29H33F4N3O4/c1-27(2,18-4-3-5-19(14-18)29(31,32)33)25(37)36-11-9-28(10-12-36)23(16-34-26(38)35-28)22-7-6-20(30)15-24(22)40-21-8-13-39-17-21/h3-7,14-15,21,23H,8-13,16-17H2,1-2H3,(H2,34,35,38)/t21-,23-/m1/s1. The Bertz CT molecular complexity index is 1270. The Morgan fingerprint density at radius 3 is 2.50 bits per heavy atom. The van der Waals surface area contributed by atoms with Crippen LogP contribution in [0.25, 0.3) is 0 Å². The minimum absolute atomic E-state index is 0.194. The van der Waals surface area contributed by atoms with Gasteiger partial charge in [-0.05, 0) is 44.4 Å². The molecule has 2 atom stereocenters. The third-order valence-electron chi connectivity index (χ3n) is 8.42. The predicted octanol–water partition coefficient (Wildman–Crippen LogP) is 4.75. The lowest BCUT2D eigenvalue weighted by atomic mass is 9.71. The first-order valence-electron chi connectivity index (χ1n) is 13.5. The summed E-state index contributed by atoms with van der Waals surface area (Å²) in [5.41, 5.74) is -1.68. The second-order valence-electron chi connectivity index (χ2n) is 11.3. The number of hydrogen-bond donors (Lipinski definition) is 2. The summed E-state index contributed by atoms with van der Waals surface area (Å²) in [5, 5.41) is 5.92. The van der Waals surface area contributed by atoms with E-state index in [0.717, 1.165) is 17.7 Å². The van der Waals surface area contributed by atoms with Gasteiger partial charge in [0.2, 0.25) is 5.91 Å². The number of amides is 3. The molecule has 0 unspecified atom stereocenters. The maximum atomic E-state index is 14.3. The fourth-order valence-electron chi connectivity index (χ4n) is 6.02. The van der Waals surface area contributed by atoms with Gasteiger partial charge in [-0.3, -0.25) is 4.79 Å². The molecule has 7 nitrogen and oxygen atoms in total. The third kappa shape index (κ3) is 5.48. The first-order chi connectivity index (χ1) is 18.9. The molecule has 3 aliphatic rings. The summed E-state index contributed by atoms with van der Waals surface area (Å²) in [6, 6.07) is 8.94. The number of benzene rings is 2. The number of nitrogens with zero attached hydrogens (tertiary/aromatic N) is 1. The SMILES string of the molecule is CC(C)(C(=O)N1CCC2(CC1)NC(=O)NC[C@@H]2c1ccc(F)cc1O[C@@H]1CCOC1)c1cccc(C(F)(F)F)c1. The van der Waals surface area contributed by atoms with E-state index in [1.54, 1.807) is 24.8 Å². The average Bonchev–Trinajstić information content (AvgIpc) is 3.42. The molecule has 3 amide bonds. The van der Waals surface area contributed by atoms with E-state index < -0.39 is 28.5 Å². The van der Waals surface area contributed by atoms with Crippen molar-refractivity contribution in [3.8, 4) is 5.75 Å². The number of nitrogens with one attached hydrogen (secondary N) is 2. The molecule has 5 rings (SSSR count). The quantitative estimate of drug-likeness (QED) is 0.515. The first-order valence-corrected chi connectivity index (χ1v) is 13.5. The second-order valence-corrected chi connectivity index (χ2v) is 11.3. The van der Waals surface area contributed by atoms with Gasteiger partial charge in [-0.25, -0.2) is 9.18 Å². The number of likely N-dealkylation sites (tertiary alicyclic amines) is 1. The lowest BCUT2D eigenvalue weighted by molar-refractivity contribution is -0.140. The van der Waals surface area contributed by atoms with E-state index in [2.05, 4.69) is 10.6 Å². The van der Waals surface area contributed by atoms with E-state index in [4.69, 9.17) is 9.47 Å². The van der Waals surface area contributed by atoms with Crippen LogP contribution in [0.15, 0.2) is 42.5 Å². The third-order valence-corrected chi connectivity index (χ3v) is 8.42. The molecule has 2 N–H and O–H groups in total. The molecule has 3 aliphatic heterocycles. The average molecular weight is 564 g/mol. The Labute approximate surface area is 230 Å². The van der Waals surface area contributed by atoms with Gasteiger partial charge < -0.3 is 25.0 Å². The Morgan fingerprint density at radius 1 is 1.10 bits per heavy atom. The Hall–Kier alpha value is -3.34. The van der Waals surface area contributed by atoms with Crippen LogP contribution in [0.5, 0.6) is 5.75 Å². The van der Waals surface area contributed by atoms with Crippen LogP contribution in [0.3, 0.4) is 0 Å². The van der Waals surface area contributed by atoms with Gasteiger partial charge in [0.15, 0.2) is 0 Å². The molecular formula is C29H33F4N3O4. The highest BCUT2D eigenvalue weighted by atomic mass is 19.4. The van der Waals surface area contributed by atoms with Gasteiger partial charge >= 0.3 is 12.2 Å². The van der Waals surface area contributed by atoms with Crippen molar-refractivity contribution in [1.29, 1.82) is 0 Å². The van der Waals surface area contributed by atoms with Gasteiger partial charge in [0.1, 0.15) is 17.7 Å². The van der Waals surface area contributed by atoms with E-state index in [-0.39, 0.29) is 29.5 Å². The molecule has 0 bridgehead atoms. The van der Waals surface area contributed by atoms with E-state index in [1.165, 1.54) is 24.3 Å². The zero-order valence-corrected chi connectivity index (χ0v) is 22.4. The zero-order chi connectivity index (χ0) is 28.7. The fourth-order valence-corrected chi connectivity index (χ4v) is 6.02. The molecule has 2 aromatic carbocycles. The first kappa shape index (κ1) is 28.2. The number of rotatable bonds is 5.